The SMILES string of the molecule is OC[C@@H]1O[C@@H](O[C@H]2[C@H](O[C@H]3[C@@H](OC[C@H]4O[CH][C@H](O)[C@@H](O)[C@@H]4O)OC[C@@H](O)[C@@H]3O)O[C@H](CO)[C@H](O)[C@@H]2O)[C@@H](O)[C@H](O)[C@@H]1O. The lowest BCUT2D eigenvalue weighted by Gasteiger charge is -2.47. The second-order valence-electron chi connectivity index (χ2n) is 10.5. The molecular weight excluding hydrogens is 580 g/mol. The summed E-state index contributed by atoms with van der Waals surface area (Å²) in [6, 6.07) is 0. The highest BCUT2D eigenvalue weighted by Crippen LogP contribution is 2.32. The number of rotatable bonds is 9. The molecule has 0 aromatic rings. The van der Waals surface area contributed by atoms with E-state index in [-0.39, 0.29) is 0 Å². The first-order valence-electron chi connectivity index (χ1n) is 13.3. The minimum atomic E-state index is -1.92. The molecule has 0 aliphatic carbocycles. The Morgan fingerprint density at radius 1 is 0.571 bits per heavy atom. The van der Waals surface area contributed by atoms with E-state index < -0.39 is 137 Å². The molecule has 4 fully saturated rings. The van der Waals surface area contributed by atoms with Gasteiger partial charge in [-0.2, -0.15) is 0 Å². The van der Waals surface area contributed by atoms with Gasteiger partial charge in [0.2, 0.25) is 0 Å². The summed E-state index contributed by atoms with van der Waals surface area (Å²) in [7, 11) is 0. The first-order valence-corrected chi connectivity index (χ1v) is 13.3. The molecule has 4 heterocycles. The van der Waals surface area contributed by atoms with Crippen molar-refractivity contribution in [1.82, 2.24) is 0 Å². The normalized spacial score (nSPS) is 52.3. The summed E-state index contributed by atoms with van der Waals surface area (Å²) in [6.45, 7) is -1.65. The zero-order valence-electron chi connectivity index (χ0n) is 22.0. The molecule has 19 nitrogen and oxygen atoms in total. The smallest absolute Gasteiger partial charge is 0.187 e. The van der Waals surface area contributed by atoms with Gasteiger partial charge >= 0.3 is 0 Å². The molecule has 4 saturated heterocycles. The molecule has 0 unspecified atom stereocenters. The van der Waals surface area contributed by atoms with E-state index in [9.17, 15) is 61.3 Å². The first-order chi connectivity index (χ1) is 19.9. The van der Waals surface area contributed by atoms with Crippen LogP contribution in [0.1, 0.15) is 0 Å². The van der Waals surface area contributed by atoms with Crippen molar-refractivity contribution in [2.45, 2.75) is 110 Å². The lowest BCUT2D eigenvalue weighted by molar-refractivity contribution is -0.389. The maximum absolute atomic E-state index is 10.8. The van der Waals surface area contributed by atoms with Crippen molar-refractivity contribution < 1.29 is 94.4 Å². The summed E-state index contributed by atoms with van der Waals surface area (Å²) >= 11 is 0. The molecule has 0 spiro atoms. The van der Waals surface area contributed by atoms with Crippen molar-refractivity contribution in [2.75, 3.05) is 26.4 Å². The van der Waals surface area contributed by atoms with Gasteiger partial charge in [-0.25, -0.2) is 0 Å². The maximum Gasteiger partial charge on any atom is 0.187 e. The Morgan fingerprint density at radius 3 is 1.76 bits per heavy atom. The van der Waals surface area contributed by atoms with Crippen LogP contribution in [-0.2, 0) is 33.2 Å². The van der Waals surface area contributed by atoms with E-state index in [1.165, 1.54) is 0 Å². The van der Waals surface area contributed by atoms with Crippen LogP contribution in [0.25, 0.3) is 0 Å². The van der Waals surface area contributed by atoms with Crippen molar-refractivity contribution in [2.24, 2.45) is 0 Å². The summed E-state index contributed by atoms with van der Waals surface area (Å²) in [5.41, 5.74) is 0. The Kier molecular flexibility index (Phi) is 11.8. The van der Waals surface area contributed by atoms with E-state index in [4.69, 9.17) is 33.2 Å². The van der Waals surface area contributed by atoms with E-state index in [0.29, 0.717) is 0 Å². The van der Waals surface area contributed by atoms with Crippen molar-refractivity contribution >= 4 is 0 Å². The zero-order valence-corrected chi connectivity index (χ0v) is 22.0. The van der Waals surface area contributed by atoms with E-state index >= 15 is 0 Å². The summed E-state index contributed by atoms with van der Waals surface area (Å²) in [5.74, 6) is 0. The van der Waals surface area contributed by atoms with Crippen LogP contribution in [0.4, 0.5) is 0 Å². The van der Waals surface area contributed by atoms with E-state index in [1.54, 1.807) is 0 Å². The third-order valence-electron chi connectivity index (χ3n) is 7.58. The van der Waals surface area contributed by atoms with Crippen LogP contribution in [0.2, 0.25) is 0 Å². The molecule has 12 N–H and O–H groups in total. The Labute approximate surface area is 238 Å². The molecule has 0 amide bonds. The van der Waals surface area contributed by atoms with Crippen molar-refractivity contribution in [3.63, 3.8) is 0 Å². The fourth-order valence-electron chi connectivity index (χ4n) is 4.95. The van der Waals surface area contributed by atoms with Gasteiger partial charge in [0.05, 0.1) is 26.4 Å². The van der Waals surface area contributed by atoms with Gasteiger partial charge < -0.3 is 94.4 Å². The van der Waals surface area contributed by atoms with Crippen LogP contribution >= 0.6 is 0 Å². The third-order valence-corrected chi connectivity index (χ3v) is 7.58. The Hall–Kier alpha value is -0.760. The van der Waals surface area contributed by atoms with Crippen LogP contribution in [0.3, 0.4) is 0 Å². The van der Waals surface area contributed by atoms with E-state index in [0.717, 1.165) is 6.61 Å². The highest BCUT2D eigenvalue weighted by molar-refractivity contribution is 4.96. The quantitative estimate of drug-likeness (QED) is 0.114. The van der Waals surface area contributed by atoms with Gasteiger partial charge in [-0.05, 0) is 0 Å². The number of hydrogen-bond donors (Lipinski definition) is 12. The van der Waals surface area contributed by atoms with E-state index in [2.05, 4.69) is 0 Å². The van der Waals surface area contributed by atoms with Gasteiger partial charge in [-0.3, -0.25) is 0 Å². The van der Waals surface area contributed by atoms with Crippen molar-refractivity contribution in [3.05, 3.63) is 6.61 Å². The van der Waals surface area contributed by atoms with Gasteiger partial charge in [-0.1, -0.05) is 0 Å². The molecule has 1 radical (unpaired) electrons. The Balaban J connectivity index is 1.52. The number of aliphatic hydroxyl groups is 12. The first kappa shape index (κ1) is 34.1. The third kappa shape index (κ3) is 7.05. The average Bonchev–Trinajstić information content (AvgIpc) is 2.98. The lowest BCUT2D eigenvalue weighted by Crippen LogP contribution is -2.66. The minimum absolute atomic E-state index is 0.440. The minimum Gasteiger partial charge on any atom is -0.394 e. The molecule has 0 bridgehead atoms. The summed E-state index contributed by atoms with van der Waals surface area (Å²) in [4.78, 5) is 0. The zero-order chi connectivity index (χ0) is 30.9. The lowest BCUT2D eigenvalue weighted by atomic mass is 9.97. The van der Waals surface area contributed by atoms with Gasteiger partial charge in [0.25, 0.3) is 0 Å². The van der Waals surface area contributed by atoms with Gasteiger partial charge in [0.1, 0.15) is 98.2 Å². The monoisotopic (exact) mass is 619 g/mol. The van der Waals surface area contributed by atoms with Crippen LogP contribution < -0.4 is 0 Å². The molecule has 4 rings (SSSR count). The molecule has 19 heteroatoms. The molecule has 0 aromatic carbocycles. The fraction of sp³-hybridized carbons (Fsp3) is 0.957. The predicted molar refractivity (Wildman–Crippen MR) is 126 cm³/mol. The molecule has 0 aromatic heterocycles. The second kappa shape index (κ2) is 14.6. The number of hydrogen-bond acceptors (Lipinski definition) is 19. The molecule has 4 aliphatic heterocycles. The van der Waals surface area contributed by atoms with Gasteiger partial charge in [-0.15, -0.1) is 0 Å². The Bertz CT molecular complexity index is 838. The second-order valence-corrected chi connectivity index (χ2v) is 10.5. The van der Waals surface area contributed by atoms with Crippen LogP contribution in [0.5, 0.6) is 0 Å². The standard InChI is InChI=1S/C23H39O19/c24-1-8-13(30)16(33)18(35)21(39-8)41-20-17(34)14(31)9(2-25)40-23(20)42-19-12(29)7(27)4-37-22(19)38-5-10-15(32)11(28)6(26)3-36-10/h3,6-35H,1-2,4-5H2/t6-,7+,8-,9+,10+,11+,12-,13+,14-,15+,16+,17-,18-,19+,20+,21-,22+,23-/m0/s1. The number of aliphatic hydroxyl groups excluding tert-OH is 12. The summed E-state index contributed by atoms with van der Waals surface area (Å²) in [5, 5.41) is 121. The highest BCUT2D eigenvalue weighted by atomic mass is 16.8. The van der Waals surface area contributed by atoms with Crippen LogP contribution in [0, 0.1) is 6.61 Å². The molecule has 18 atom stereocenters. The molecule has 245 valence electrons. The molecular formula is C23H39O19. The summed E-state index contributed by atoms with van der Waals surface area (Å²) < 4.78 is 38.4. The van der Waals surface area contributed by atoms with Crippen molar-refractivity contribution in [1.29, 1.82) is 0 Å². The van der Waals surface area contributed by atoms with Crippen LogP contribution in [-0.4, -0.2) is 198 Å². The number of ether oxygens (including phenoxy) is 7. The maximum atomic E-state index is 10.8. The molecule has 4 aliphatic rings. The fourth-order valence-corrected chi connectivity index (χ4v) is 4.95. The van der Waals surface area contributed by atoms with Gasteiger partial charge in [0, 0.05) is 0 Å². The van der Waals surface area contributed by atoms with E-state index in [1.807, 2.05) is 0 Å². The molecule has 0 saturated carbocycles. The molecule has 42 heavy (non-hydrogen) atoms. The average molecular weight is 620 g/mol. The largest absolute Gasteiger partial charge is 0.394 e. The van der Waals surface area contributed by atoms with Crippen molar-refractivity contribution in [3.8, 4) is 0 Å². The Morgan fingerprint density at radius 2 is 1.12 bits per heavy atom. The predicted octanol–water partition coefficient (Wildman–Crippen LogP) is -8.27. The summed E-state index contributed by atoms with van der Waals surface area (Å²) in [6.07, 6.45) is -29.7. The topological polar surface area (TPSA) is 307 Å². The van der Waals surface area contributed by atoms with Gasteiger partial charge in [0.15, 0.2) is 18.9 Å². The van der Waals surface area contributed by atoms with Crippen LogP contribution in [0.15, 0.2) is 0 Å². The highest BCUT2D eigenvalue weighted by Gasteiger charge is 2.53.